The summed E-state index contributed by atoms with van der Waals surface area (Å²) in [6, 6.07) is 60.8. The predicted octanol–water partition coefficient (Wildman–Crippen LogP) is 24.7. The molecule has 21 nitrogen and oxygen atoms in total. The molecule has 0 saturated carbocycles. The average molecular weight is 1860 g/mol. The van der Waals surface area contributed by atoms with Gasteiger partial charge in [0.05, 0.1) is 72.1 Å². The van der Waals surface area contributed by atoms with Gasteiger partial charge in [-0.1, -0.05) is 54.1 Å². The lowest BCUT2D eigenvalue weighted by atomic mass is 10.1. The Hall–Kier alpha value is -11.5. The molecule has 0 atom stereocenters. The summed E-state index contributed by atoms with van der Waals surface area (Å²) < 4.78 is 23.4. The third kappa shape index (κ3) is 15.4. The largest absolute Gasteiger partial charge is 0.497 e. The van der Waals surface area contributed by atoms with Crippen LogP contribution < -0.4 is 45.5 Å². The summed E-state index contributed by atoms with van der Waals surface area (Å²) in [6.45, 7) is 0. The van der Waals surface area contributed by atoms with Gasteiger partial charge in [0.25, 0.3) is 0 Å². The van der Waals surface area contributed by atoms with Gasteiger partial charge in [-0.05, 0) is 193 Å². The third-order valence-electron chi connectivity index (χ3n) is 20.9. The standard InChI is InChI=1S/C16H15N3O2S.2C15H13N3OS.C14H9BrN2S.C14H10ClN3S.C14H10IN3S/c1-20-12-4-3-9(7-13(12)21-2)17-16-11-8-14-10(5-6-22-14)15(11)18-19-16;1-19-10-4-2-9(3-5-10)16-15-12-8-13-11(6-7-20-13)14(12)17-18-15;1-19-10-4-2-3-9(7-10)16-15-12-8-13-11(5-6-20-13)14(12)17-18-15;15-12-7-9-11(18-12)6-10-13(16-17-14(9)10)8-4-2-1-3-5-8;15-8-2-1-3-9(6-8)16-14-11-7-12-10(4-5-19-12)13(11)17-18-14;15-8-1-3-9(4-2-8)16-14-11-7-12-10(5-6-19-12)13(11)17-18-14/h3-7H,8H2,1-2H3,(H2,17,18,19);2*2-7H,8H2,1H3,(H2,16,17,18);1-5,7H,6H2,(H,16,17);2*1-6H,7H2,(H2,16,17,18). The van der Waals surface area contributed by atoms with Crippen molar-refractivity contribution < 1.29 is 18.9 Å². The van der Waals surface area contributed by atoms with Crippen molar-refractivity contribution >= 4 is 176 Å². The summed E-state index contributed by atoms with van der Waals surface area (Å²) in [5.74, 6) is 7.60. The van der Waals surface area contributed by atoms with Gasteiger partial charge in [0.1, 0.15) is 11.5 Å². The smallest absolute Gasteiger partial charge is 0.162 e. The van der Waals surface area contributed by atoms with E-state index in [0.717, 1.165) is 141 Å². The van der Waals surface area contributed by atoms with E-state index in [9.17, 15) is 0 Å². The SMILES string of the molecule is Brc1cc2c(s1)Cc1c(-c3ccccc3)n[nH]c1-2.COc1ccc(Nc2n[nH]c3c2Cc2sccc2-3)cc1.COc1ccc(Nc2n[nH]c3c2Cc2sccc2-3)cc1OC.COc1cccc(Nc2n[nH]c3c2Cc2sccc2-3)c1.Clc1cccc(Nc2n[nH]c3c2Cc2sccc2-3)c1.Ic1ccc(Nc2n[nH]c3c2Cc2sccc2-3)cc1. The second-order valence-corrected chi connectivity index (χ2v) is 37.0. The number of methoxy groups -OCH3 is 4. The Kier molecular flexibility index (Phi) is 21.7. The summed E-state index contributed by atoms with van der Waals surface area (Å²) in [4.78, 5) is 8.45. The number of ether oxygens (including phenoxy) is 4. The van der Waals surface area contributed by atoms with E-state index >= 15 is 0 Å². The molecule has 0 fully saturated rings. The number of aromatic nitrogens is 12. The molecule has 30 heteroatoms. The van der Waals surface area contributed by atoms with Crippen LogP contribution in [0.5, 0.6) is 23.0 Å². The van der Waals surface area contributed by atoms with E-state index < -0.39 is 0 Å². The topological polar surface area (TPSA) is 269 Å². The minimum atomic E-state index is 0.693. The number of benzene rings is 6. The van der Waals surface area contributed by atoms with Crippen LogP contribution in [-0.2, 0) is 38.5 Å². The normalized spacial score (nSPS) is 12.2. The molecular weight excluding hydrogens is 1790 g/mol. The van der Waals surface area contributed by atoms with Crippen LogP contribution in [0.1, 0.15) is 62.6 Å². The number of halogens is 3. The number of hydrogen-bond donors (Lipinski definition) is 11. The zero-order valence-corrected chi connectivity index (χ0v) is 72.7. The molecule has 18 aromatic rings. The molecule has 11 N–H and O–H groups in total. The molecule has 0 aliphatic heterocycles. The van der Waals surface area contributed by atoms with Crippen LogP contribution in [0.4, 0.5) is 57.5 Å². The van der Waals surface area contributed by atoms with Crippen molar-refractivity contribution in [3.05, 3.63) is 284 Å². The summed E-state index contributed by atoms with van der Waals surface area (Å²) in [5, 5.41) is 73.5. The Bertz CT molecular complexity index is 6660. The summed E-state index contributed by atoms with van der Waals surface area (Å²) >= 11 is 22.6. The van der Waals surface area contributed by atoms with Crippen molar-refractivity contribution in [3.8, 4) is 102 Å². The minimum absolute atomic E-state index is 0.693. The number of nitrogens with one attached hydrogen (secondary N) is 11. The van der Waals surface area contributed by atoms with Gasteiger partial charge in [0.2, 0.25) is 0 Å². The molecule has 118 heavy (non-hydrogen) atoms. The number of thiophene rings is 6. The number of fused-ring (bicyclic) bond motifs is 18. The van der Waals surface area contributed by atoms with Gasteiger partial charge in [0.15, 0.2) is 40.6 Å². The molecule has 0 saturated heterocycles. The van der Waals surface area contributed by atoms with E-state index in [0.29, 0.717) is 11.5 Å². The molecule has 0 unspecified atom stereocenters. The molecule has 24 rings (SSSR count). The van der Waals surface area contributed by atoms with Crippen LogP contribution in [0.15, 0.2) is 213 Å². The number of hydrogen-bond acceptors (Lipinski definition) is 21. The fraction of sp³-hybridized carbons (Fsp3) is 0.114. The van der Waals surface area contributed by atoms with Gasteiger partial charge in [-0.3, -0.25) is 30.6 Å². The molecule has 0 radical (unpaired) electrons. The zero-order valence-electron chi connectivity index (χ0n) is 63.3. The maximum atomic E-state index is 5.99. The first-order valence-electron chi connectivity index (χ1n) is 37.4. The first-order valence-corrected chi connectivity index (χ1v) is 44.9. The number of rotatable bonds is 15. The van der Waals surface area contributed by atoms with Crippen LogP contribution in [-0.4, -0.2) is 89.6 Å². The molecule has 12 heterocycles. The van der Waals surface area contributed by atoms with E-state index in [1.807, 2.05) is 120 Å². The van der Waals surface area contributed by atoms with Crippen molar-refractivity contribution in [1.82, 2.24) is 61.2 Å². The van der Waals surface area contributed by atoms with Crippen molar-refractivity contribution in [1.29, 1.82) is 0 Å². The average Bonchev–Trinajstić information content (AvgIpc) is 1.63. The minimum Gasteiger partial charge on any atom is -0.497 e. The highest BCUT2D eigenvalue weighted by Gasteiger charge is 2.32. The molecule has 0 amide bonds. The fourth-order valence-electron chi connectivity index (χ4n) is 15.2. The summed E-state index contributed by atoms with van der Waals surface area (Å²) in [5.41, 5.74) is 29.4. The Morgan fingerprint density at radius 1 is 0.339 bits per heavy atom. The number of H-pyrrole nitrogens is 6. The summed E-state index contributed by atoms with van der Waals surface area (Å²) in [6.07, 6.45) is 5.74. The van der Waals surface area contributed by atoms with Crippen molar-refractivity contribution in [2.24, 2.45) is 0 Å². The van der Waals surface area contributed by atoms with Crippen LogP contribution in [0.3, 0.4) is 0 Å². The monoisotopic (exact) mass is 1860 g/mol. The zero-order chi connectivity index (χ0) is 79.9. The van der Waals surface area contributed by atoms with Crippen LogP contribution in [0, 0.1) is 3.57 Å². The van der Waals surface area contributed by atoms with Crippen molar-refractivity contribution in [3.63, 3.8) is 0 Å². The van der Waals surface area contributed by atoms with Gasteiger partial charge in [-0.15, -0.1) is 68.0 Å². The van der Waals surface area contributed by atoms with Gasteiger partial charge in [-0.2, -0.15) is 30.6 Å². The number of nitrogens with zero attached hydrogens (tertiary/aromatic N) is 6. The van der Waals surface area contributed by atoms with Gasteiger partial charge < -0.3 is 45.5 Å². The second-order valence-electron chi connectivity index (χ2n) is 27.8. The highest BCUT2D eigenvalue weighted by Crippen LogP contribution is 2.50. The highest BCUT2D eigenvalue weighted by atomic mass is 127. The molecule has 0 spiro atoms. The van der Waals surface area contributed by atoms with Crippen molar-refractivity contribution in [2.45, 2.75) is 38.5 Å². The van der Waals surface area contributed by atoms with E-state index in [1.165, 1.54) is 120 Å². The van der Waals surface area contributed by atoms with Gasteiger partial charge in [0, 0.05) is 189 Å². The van der Waals surface area contributed by atoms with Gasteiger partial charge >= 0.3 is 0 Å². The van der Waals surface area contributed by atoms with Crippen molar-refractivity contribution in [2.75, 3.05) is 55.0 Å². The first kappa shape index (κ1) is 76.5. The maximum absolute atomic E-state index is 5.99. The third-order valence-corrected chi connectivity index (χ3v) is 28.1. The Morgan fingerprint density at radius 2 is 0.720 bits per heavy atom. The Morgan fingerprint density at radius 3 is 1.15 bits per heavy atom. The Labute approximate surface area is 728 Å². The van der Waals surface area contributed by atoms with Crippen LogP contribution in [0.2, 0.25) is 5.02 Å². The molecule has 0 bridgehead atoms. The molecular formula is C88H70BrClIN17O4S6. The van der Waals surface area contributed by atoms with E-state index in [4.69, 9.17) is 30.5 Å². The molecule has 588 valence electrons. The number of aromatic amines is 6. The first-order chi connectivity index (χ1) is 57.9. The molecule has 12 aromatic heterocycles. The quantitative estimate of drug-likeness (QED) is 0.0426. The number of anilines is 10. The summed E-state index contributed by atoms with van der Waals surface area (Å²) in [7, 11) is 6.60. The maximum Gasteiger partial charge on any atom is 0.162 e. The predicted molar refractivity (Wildman–Crippen MR) is 494 cm³/mol. The van der Waals surface area contributed by atoms with E-state index in [1.54, 1.807) is 73.8 Å². The molecule has 6 aliphatic rings. The second kappa shape index (κ2) is 33.5. The molecule has 6 aliphatic carbocycles. The highest BCUT2D eigenvalue weighted by molar-refractivity contribution is 14.1. The lowest BCUT2D eigenvalue weighted by molar-refractivity contribution is 0.355. The van der Waals surface area contributed by atoms with Crippen LogP contribution in [0.25, 0.3) is 78.8 Å². The Balaban J connectivity index is 0.0000000941. The molecule has 6 aromatic carbocycles. The van der Waals surface area contributed by atoms with E-state index in [-0.39, 0.29) is 0 Å². The van der Waals surface area contributed by atoms with Crippen LogP contribution >= 0.6 is 118 Å². The lowest BCUT2D eigenvalue weighted by Gasteiger charge is -2.10. The lowest BCUT2D eigenvalue weighted by Crippen LogP contribution is -1.96. The van der Waals surface area contributed by atoms with Gasteiger partial charge in [-0.25, -0.2) is 0 Å². The fourth-order valence-corrected chi connectivity index (χ4v) is 21.9. The van der Waals surface area contributed by atoms with E-state index in [2.05, 4.69) is 238 Å².